The number of rotatable bonds is 2. The molecule has 0 atom stereocenters. The average Bonchev–Trinajstić information content (AvgIpc) is 2.27. The molecular formula is C9H6BFN2O2. The van der Waals surface area contributed by atoms with E-state index in [1.807, 2.05) is 0 Å². The summed E-state index contributed by atoms with van der Waals surface area (Å²) in [6.45, 7) is 0. The topological polar surface area (TPSA) is 62.5 Å². The van der Waals surface area contributed by atoms with Crippen molar-refractivity contribution in [2.24, 2.45) is 5.09 Å². The highest BCUT2D eigenvalue weighted by Crippen LogP contribution is 2.11. The van der Waals surface area contributed by atoms with Gasteiger partial charge in [0.15, 0.2) is 0 Å². The molecule has 1 heterocycles. The Bertz CT molecular complexity index is 520. The van der Waals surface area contributed by atoms with E-state index in [9.17, 15) is 14.3 Å². The zero-order valence-electron chi connectivity index (χ0n) is 7.59. The van der Waals surface area contributed by atoms with Crippen LogP contribution in [-0.2, 0) is 0 Å². The first kappa shape index (κ1) is 9.73. The van der Waals surface area contributed by atoms with Gasteiger partial charge in [-0.3, -0.25) is 4.98 Å². The minimum absolute atomic E-state index is 0.259. The van der Waals surface area contributed by atoms with E-state index in [1.54, 1.807) is 0 Å². The summed E-state index contributed by atoms with van der Waals surface area (Å²) in [6, 6.07) is 5.39. The number of fused-ring (bicyclic) bond motifs is 1. The lowest BCUT2D eigenvalue weighted by molar-refractivity contribution is 0.588. The molecule has 1 aromatic carbocycles. The van der Waals surface area contributed by atoms with Crippen LogP contribution < -0.4 is 5.46 Å². The summed E-state index contributed by atoms with van der Waals surface area (Å²) in [5, 5.41) is 12.2. The molecule has 0 saturated heterocycles. The Balaban J connectivity index is 2.73. The summed E-state index contributed by atoms with van der Waals surface area (Å²) in [5.74, 6) is -0.449. The maximum absolute atomic E-state index is 13.0. The van der Waals surface area contributed by atoms with Gasteiger partial charge in [-0.15, -0.1) is 0 Å². The van der Waals surface area contributed by atoms with E-state index in [4.69, 9.17) is 0 Å². The van der Waals surface area contributed by atoms with Gasteiger partial charge in [-0.05, 0) is 29.7 Å². The molecule has 6 heteroatoms. The van der Waals surface area contributed by atoms with E-state index < -0.39 is 12.9 Å². The summed E-state index contributed by atoms with van der Waals surface area (Å²) >= 11 is 0. The summed E-state index contributed by atoms with van der Waals surface area (Å²) in [7, 11) is -1.49. The maximum Gasteiger partial charge on any atom is 0.518 e. The summed E-state index contributed by atoms with van der Waals surface area (Å²) < 4.78 is 13.0. The van der Waals surface area contributed by atoms with Crippen LogP contribution in [0.5, 0.6) is 0 Å². The van der Waals surface area contributed by atoms with Crippen LogP contribution in [0.1, 0.15) is 0 Å². The van der Waals surface area contributed by atoms with Gasteiger partial charge in [0, 0.05) is 11.6 Å². The first-order chi connectivity index (χ1) is 7.22. The van der Waals surface area contributed by atoms with E-state index in [1.165, 1.54) is 30.5 Å². The molecule has 0 fully saturated rings. The number of benzene rings is 1. The van der Waals surface area contributed by atoms with Crippen LogP contribution in [-0.4, -0.2) is 17.1 Å². The first-order valence-corrected chi connectivity index (χ1v) is 4.27. The normalized spacial score (nSPS) is 10.3. The van der Waals surface area contributed by atoms with Crippen molar-refractivity contribution in [1.82, 2.24) is 4.98 Å². The van der Waals surface area contributed by atoms with Crippen LogP contribution in [0.3, 0.4) is 0 Å². The molecular weight excluding hydrogens is 198 g/mol. The van der Waals surface area contributed by atoms with Crippen LogP contribution >= 0.6 is 0 Å². The van der Waals surface area contributed by atoms with Crippen molar-refractivity contribution < 1.29 is 9.41 Å². The van der Waals surface area contributed by atoms with Crippen LogP contribution in [0.25, 0.3) is 10.9 Å². The number of hydrogen-bond donors (Lipinski definition) is 1. The maximum atomic E-state index is 13.0. The van der Waals surface area contributed by atoms with Gasteiger partial charge < -0.3 is 5.02 Å². The molecule has 0 aliphatic carbocycles. The molecule has 2 aromatic rings. The van der Waals surface area contributed by atoms with Gasteiger partial charge in [-0.1, -0.05) is 5.09 Å². The molecule has 0 unspecified atom stereocenters. The molecule has 2 rings (SSSR count). The minimum Gasteiger partial charge on any atom is -0.425 e. The van der Waals surface area contributed by atoms with Crippen molar-refractivity contribution in [3.8, 4) is 0 Å². The second-order valence-corrected chi connectivity index (χ2v) is 3.04. The SMILES string of the molecule is O=NB(O)c1ccnc2ccc(F)cc12. The average molecular weight is 204 g/mol. The number of nitrogens with zero attached hydrogens (tertiary/aromatic N) is 2. The molecule has 1 N–H and O–H groups in total. The second-order valence-electron chi connectivity index (χ2n) is 3.04. The van der Waals surface area contributed by atoms with Crippen LogP contribution in [0.2, 0.25) is 0 Å². The lowest BCUT2D eigenvalue weighted by atomic mass is 9.74. The fourth-order valence-electron chi connectivity index (χ4n) is 1.42. The predicted molar refractivity (Wildman–Crippen MR) is 55.1 cm³/mol. The van der Waals surface area contributed by atoms with Crippen molar-refractivity contribution >= 4 is 23.4 Å². The fourth-order valence-corrected chi connectivity index (χ4v) is 1.42. The van der Waals surface area contributed by atoms with Gasteiger partial charge in [-0.25, -0.2) is 4.39 Å². The smallest absolute Gasteiger partial charge is 0.425 e. The van der Waals surface area contributed by atoms with Crippen LogP contribution in [0, 0.1) is 10.7 Å². The number of hydrogen-bond acceptors (Lipinski definition) is 4. The molecule has 74 valence electrons. The Kier molecular flexibility index (Phi) is 2.43. The molecule has 4 nitrogen and oxygen atoms in total. The Hall–Kier alpha value is -1.82. The number of halogens is 1. The van der Waals surface area contributed by atoms with Crippen LogP contribution in [0.15, 0.2) is 35.6 Å². The van der Waals surface area contributed by atoms with Crippen molar-refractivity contribution in [3.63, 3.8) is 0 Å². The second kappa shape index (κ2) is 3.74. The van der Waals surface area contributed by atoms with Crippen molar-refractivity contribution in [2.75, 3.05) is 0 Å². The number of nitroso groups, excluding NO2 is 1. The molecule has 0 radical (unpaired) electrons. The molecule has 0 amide bonds. The van der Waals surface area contributed by atoms with Crippen molar-refractivity contribution in [1.29, 1.82) is 0 Å². The van der Waals surface area contributed by atoms with E-state index in [0.717, 1.165) is 0 Å². The number of pyridine rings is 1. The van der Waals surface area contributed by atoms with Gasteiger partial charge >= 0.3 is 7.05 Å². The van der Waals surface area contributed by atoms with Gasteiger partial charge in [0.25, 0.3) is 0 Å². The van der Waals surface area contributed by atoms with E-state index in [0.29, 0.717) is 10.9 Å². The van der Waals surface area contributed by atoms with Gasteiger partial charge in [0.1, 0.15) is 5.82 Å². The highest BCUT2D eigenvalue weighted by Gasteiger charge is 2.19. The number of aromatic nitrogens is 1. The predicted octanol–water partition coefficient (Wildman–Crippen LogP) is 0.828. The molecule has 15 heavy (non-hydrogen) atoms. The third kappa shape index (κ3) is 1.71. The zero-order valence-corrected chi connectivity index (χ0v) is 7.59. The third-order valence-corrected chi connectivity index (χ3v) is 2.12. The molecule has 0 aliphatic rings. The monoisotopic (exact) mass is 204 g/mol. The summed E-state index contributed by atoms with van der Waals surface area (Å²) in [6.07, 6.45) is 1.43. The molecule has 0 aliphatic heterocycles. The van der Waals surface area contributed by atoms with E-state index in [-0.39, 0.29) is 5.46 Å². The van der Waals surface area contributed by atoms with Crippen LogP contribution in [0.4, 0.5) is 4.39 Å². The lowest BCUT2D eigenvalue weighted by Crippen LogP contribution is -2.28. The zero-order chi connectivity index (χ0) is 10.8. The van der Waals surface area contributed by atoms with E-state index >= 15 is 0 Å². The Morgan fingerprint density at radius 3 is 2.93 bits per heavy atom. The Morgan fingerprint density at radius 1 is 1.40 bits per heavy atom. The van der Waals surface area contributed by atoms with Gasteiger partial charge in [0.2, 0.25) is 0 Å². The molecule has 0 bridgehead atoms. The van der Waals surface area contributed by atoms with Crippen molar-refractivity contribution in [3.05, 3.63) is 41.2 Å². The molecule has 0 spiro atoms. The van der Waals surface area contributed by atoms with Crippen molar-refractivity contribution in [2.45, 2.75) is 0 Å². The first-order valence-electron chi connectivity index (χ1n) is 4.27. The Labute approximate surface area is 84.9 Å². The quantitative estimate of drug-likeness (QED) is 0.581. The standard InChI is InChI=1S/C9H6BFN2O2/c11-6-1-2-9-7(5-6)8(3-4-12-9)10(14)13-15/h1-5,14H. The summed E-state index contributed by atoms with van der Waals surface area (Å²) in [5.41, 5.74) is 0.770. The highest BCUT2D eigenvalue weighted by molar-refractivity contribution is 6.67. The highest BCUT2D eigenvalue weighted by atomic mass is 19.1. The van der Waals surface area contributed by atoms with E-state index in [2.05, 4.69) is 10.1 Å². The van der Waals surface area contributed by atoms with Gasteiger partial charge in [0.05, 0.1) is 5.52 Å². The fraction of sp³-hybridized carbons (Fsp3) is 0. The lowest BCUT2D eigenvalue weighted by Gasteiger charge is -2.03. The third-order valence-electron chi connectivity index (χ3n) is 2.12. The largest absolute Gasteiger partial charge is 0.518 e. The minimum atomic E-state index is -1.49. The molecule has 1 aromatic heterocycles. The summed E-state index contributed by atoms with van der Waals surface area (Å²) in [4.78, 5) is 14.2. The van der Waals surface area contributed by atoms with Gasteiger partial charge in [-0.2, -0.15) is 4.91 Å². The molecule has 0 saturated carbocycles. The Morgan fingerprint density at radius 2 is 2.20 bits per heavy atom.